The summed E-state index contributed by atoms with van der Waals surface area (Å²) >= 11 is 3.43. The van der Waals surface area contributed by atoms with E-state index in [1.165, 1.54) is 0 Å². The van der Waals surface area contributed by atoms with E-state index in [9.17, 15) is 0 Å². The van der Waals surface area contributed by atoms with Crippen molar-refractivity contribution in [1.29, 1.82) is 0 Å². The van der Waals surface area contributed by atoms with Gasteiger partial charge in [0.15, 0.2) is 0 Å². The number of ether oxygens (including phenoxy) is 2. The van der Waals surface area contributed by atoms with E-state index in [4.69, 9.17) is 15.2 Å². The number of rotatable bonds is 5. The van der Waals surface area contributed by atoms with E-state index in [2.05, 4.69) is 15.9 Å². The van der Waals surface area contributed by atoms with Crippen LogP contribution < -0.4 is 10.5 Å². The fraction of sp³-hybridized carbons (Fsp3) is 0.455. The predicted octanol–water partition coefficient (Wildman–Crippen LogP) is 2.49. The molecule has 4 heteroatoms. The number of halogens is 1. The Morgan fingerprint density at radius 2 is 2.20 bits per heavy atom. The lowest BCUT2D eigenvalue weighted by atomic mass is 10.1. The van der Waals surface area contributed by atoms with Crippen molar-refractivity contribution in [2.45, 2.75) is 13.0 Å². The normalized spacial score (nSPS) is 12.5. The standard InChI is InChI=1S/C11H16BrNO2/c1-3-15-11(7-13)8-4-5-10(14-2)9(12)6-8/h4-6,11H,3,7,13H2,1-2H3. The van der Waals surface area contributed by atoms with Crippen LogP contribution in [0.15, 0.2) is 22.7 Å². The Labute approximate surface area is 98.7 Å². The van der Waals surface area contributed by atoms with Crippen LogP contribution in [0.25, 0.3) is 0 Å². The highest BCUT2D eigenvalue weighted by Crippen LogP contribution is 2.28. The van der Waals surface area contributed by atoms with E-state index in [1.807, 2.05) is 25.1 Å². The summed E-state index contributed by atoms with van der Waals surface area (Å²) in [7, 11) is 1.64. The summed E-state index contributed by atoms with van der Waals surface area (Å²) in [5, 5.41) is 0. The Morgan fingerprint density at radius 3 is 2.67 bits per heavy atom. The predicted molar refractivity (Wildman–Crippen MR) is 64.1 cm³/mol. The summed E-state index contributed by atoms with van der Waals surface area (Å²) in [5.41, 5.74) is 6.70. The zero-order chi connectivity index (χ0) is 11.3. The fourth-order valence-corrected chi connectivity index (χ4v) is 1.94. The van der Waals surface area contributed by atoms with E-state index < -0.39 is 0 Å². The Bertz CT molecular complexity index is 317. The fourth-order valence-electron chi connectivity index (χ4n) is 1.38. The smallest absolute Gasteiger partial charge is 0.133 e. The van der Waals surface area contributed by atoms with Gasteiger partial charge in [0.05, 0.1) is 17.7 Å². The van der Waals surface area contributed by atoms with Gasteiger partial charge >= 0.3 is 0 Å². The minimum atomic E-state index is -0.0443. The molecule has 0 radical (unpaired) electrons. The first-order valence-corrected chi connectivity index (χ1v) is 5.67. The maximum absolute atomic E-state index is 5.64. The van der Waals surface area contributed by atoms with Crippen molar-refractivity contribution in [3.05, 3.63) is 28.2 Å². The van der Waals surface area contributed by atoms with E-state index in [1.54, 1.807) is 7.11 Å². The Morgan fingerprint density at radius 1 is 1.47 bits per heavy atom. The van der Waals surface area contributed by atoms with Gasteiger partial charge in [0.1, 0.15) is 5.75 Å². The molecule has 0 amide bonds. The van der Waals surface area contributed by atoms with Gasteiger partial charge in [-0.1, -0.05) is 6.07 Å². The summed E-state index contributed by atoms with van der Waals surface area (Å²) in [5.74, 6) is 0.811. The van der Waals surface area contributed by atoms with Gasteiger partial charge in [0.25, 0.3) is 0 Å². The maximum atomic E-state index is 5.64. The van der Waals surface area contributed by atoms with Gasteiger partial charge in [-0.05, 0) is 40.5 Å². The van der Waals surface area contributed by atoms with Crippen LogP contribution in [0.1, 0.15) is 18.6 Å². The van der Waals surface area contributed by atoms with Crippen LogP contribution in [-0.2, 0) is 4.74 Å². The van der Waals surface area contributed by atoms with Crippen molar-refractivity contribution < 1.29 is 9.47 Å². The molecule has 3 nitrogen and oxygen atoms in total. The van der Waals surface area contributed by atoms with Gasteiger partial charge in [-0.2, -0.15) is 0 Å². The second-order valence-electron chi connectivity index (χ2n) is 3.07. The van der Waals surface area contributed by atoms with Crippen molar-refractivity contribution in [3.63, 3.8) is 0 Å². The second-order valence-corrected chi connectivity index (χ2v) is 3.93. The summed E-state index contributed by atoms with van der Waals surface area (Å²) in [6, 6.07) is 5.85. The molecule has 1 aromatic carbocycles. The van der Waals surface area contributed by atoms with Crippen molar-refractivity contribution in [2.75, 3.05) is 20.3 Å². The van der Waals surface area contributed by atoms with Gasteiger partial charge in [-0.3, -0.25) is 0 Å². The average molecular weight is 274 g/mol. The van der Waals surface area contributed by atoms with Crippen molar-refractivity contribution >= 4 is 15.9 Å². The van der Waals surface area contributed by atoms with Gasteiger partial charge in [-0.15, -0.1) is 0 Å². The lowest BCUT2D eigenvalue weighted by Crippen LogP contribution is -2.15. The van der Waals surface area contributed by atoms with E-state index >= 15 is 0 Å². The zero-order valence-corrected chi connectivity index (χ0v) is 10.6. The first-order valence-electron chi connectivity index (χ1n) is 4.88. The minimum Gasteiger partial charge on any atom is -0.496 e. The molecule has 84 valence electrons. The molecular formula is C11H16BrNO2. The molecule has 1 rings (SSSR count). The van der Waals surface area contributed by atoms with Crippen LogP contribution >= 0.6 is 15.9 Å². The van der Waals surface area contributed by atoms with Crippen LogP contribution in [0.3, 0.4) is 0 Å². The molecule has 0 bridgehead atoms. The molecule has 15 heavy (non-hydrogen) atoms. The minimum absolute atomic E-state index is 0.0443. The number of benzene rings is 1. The second kappa shape index (κ2) is 6.10. The highest BCUT2D eigenvalue weighted by Gasteiger charge is 2.11. The molecule has 0 aliphatic carbocycles. The van der Waals surface area contributed by atoms with Gasteiger partial charge in [0, 0.05) is 13.2 Å². The van der Waals surface area contributed by atoms with Crippen LogP contribution in [0, 0.1) is 0 Å². The van der Waals surface area contributed by atoms with Crippen LogP contribution in [0.5, 0.6) is 5.75 Å². The lowest BCUT2D eigenvalue weighted by molar-refractivity contribution is 0.0688. The summed E-state index contributed by atoms with van der Waals surface area (Å²) in [6.07, 6.45) is -0.0443. The topological polar surface area (TPSA) is 44.5 Å². The molecular weight excluding hydrogens is 258 g/mol. The molecule has 2 N–H and O–H groups in total. The molecule has 0 aliphatic heterocycles. The quantitative estimate of drug-likeness (QED) is 0.897. The lowest BCUT2D eigenvalue weighted by Gasteiger charge is -2.16. The first-order chi connectivity index (χ1) is 7.22. The highest BCUT2D eigenvalue weighted by atomic mass is 79.9. The maximum Gasteiger partial charge on any atom is 0.133 e. The van der Waals surface area contributed by atoms with Crippen LogP contribution in [0.2, 0.25) is 0 Å². The van der Waals surface area contributed by atoms with E-state index in [0.29, 0.717) is 13.2 Å². The first kappa shape index (κ1) is 12.5. The van der Waals surface area contributed by atoms with Gasteiger partial charge in [0.2, 0.25) is 0 Å². The molecule has 1 aromatic rings. The number of hydrogen-bond acceptors (Lipinski definition) is 3. The summed E-state index contributed by atoms with van der Waals surface area (Å²) in [4.78, 5) is 0. The third-order valence-electron chi connectivity index (χ3n) is 2.13. The van der Waals surface area contributed by atoms with Gasteiger partial charge in [-0.25, -0.2) is 0 Å². The Hall–Kier alpha value is -0.580. The summed E-state index contributed by atoms with van der Waals surface area (Å²) < 4.78 is 11.6. The molecule has 0 spiro atoms. The molecule has 0 fully saturated rings. The largest absolute Gasteiger partial charge is 0.496 e. The van der Waals surface area contributed by atoms with E-state index in [0.717, 1.165) is 15.8 Å². The van der Waals surface area contributed by atoms with E-state index in [-0.39, 0.29) is 6.10 Å². The molecule has 0 aromatic heterocycles. The zero-order valence-electron chi connectivity index (χ0n) is 9.00. The van der Waals surface area contributed by atoms with Crippen LogP contribution in [-0.4, -0.2) is 20.3 Å². The number of methoxy groups -OCH3 is 1. The van der Waals surface area contributed by atoms with Crippen LogP contribution in [0.4, 0.5) is 0 Å². The Kier molecular flexibility index (Phi) is 5.08. The molecule has 0 aliphatic rings. The Balaban J connectivity index is 2.89. The monoisotopic (exact) mass is 273 g/mol. The number of nitrogens with two attached hydrogens (primary N) is 1. The summed E-state index contributed by atoms with van der Waals surface area (Å²) in [6.45, 7) is 3.10. The molecule has 1 atom stereocenters. The van der Waals surface area contributed by atoms with Crippen molar-refractivity contribution in [2.24, 2.45) is 5.73 Å². The number of hydrogen-bond donors (Lipinski definition) is 1. The average Bonchev–Trinajstić information content (AvgIpc) is 2.25. The molecule has 1 unspecified atom stereocenters. The van der Waals surface area contributed by atoms with Crippen molar-refractivity contribution in [1.82, 2.24) is 0 Å². The third kappa shape index (κ3) is 3.19. The third-order valence-corrected chi connectivity index (χ3v) is 2.75. The highest BCUT2D eigenvalue weighted by molar-refractivity contribution is 9.10. The van der Waals surface area contributed by atoms with Gasteiger partial charge < -0.3 is 15.2 Å². The molecule has 0 heterocycles. The SMILES string of the molecule is CCOC(CN)c1ccc(OC)c(Br)c1. The van der Waals surface area contributed by atoms with Crippen molar-refractivity contribution in [3.8, 4) is 5.75 Å². The molecule has 0 saturated heterocycles. The molecule has 0 saturated carbocycles.